The van der Waals surface area contributed by atoms with Gasteiger partial charge in [0.15, 0.2) is 5.82 Å². The zero-order valence-electron chi connectivity index (χ0n) is 12.2. The lowest BCUT2D eigenvalue weighted by atomic mass is 10.2. The summed E-state index contributed by atoms with van der Waals surface area (Å²) in [6, 6.07) is 5.73. The van der Waals surface area contributed by atoms with E-state index in [0.29, 0.717) is 6.54 Å². The smallest absolute Gasteiger partial charge is 0.153 e. The number of aromatic nitrogens is 3. The first kappa shape index (κ1) is 14.6. The lowest BCUT2D eigenvalue weighted by Gasteiger charge is -2.12. The number of halogens is 1. The summed E-state index contributed by atoms with van der Waals surface area (Å²) in [5, 5.41) is 3.32. The maximum atomic E-state index is 5.41. The second-order valence-electron chi connectivity index (χ2n) is 4.60. The number of benzene rings is 1. The fourth-order valence-corrected chi connectivity index (χ4v) is 2.70. The summed E-state index contributed by atoms with van der Waals surface area (Å²) in [5.41, 5.74) is 1.91. The summed E-state index contributed by atoms with van der Waals surface area (Å²) in [6.07, 6.45) is 5.32. The number of fused-ring (bicyclic) bond motifs is 1. The molecule has 0 aliphatic rings. The zero-order valence-corrected chi connectivity index (χ0v) is 13.8. The normalized spacial score (nSPS) is 10.7. The van der Waals surface area contributed by atoms with Gasteiger partial charge in [0.2, 0.25) is 0 Å². The number of methoxy groups -OCH3 is 2. The molecule has 22 heavy (non-hydrogen) atoms. The molecule has 0 spiro atoms. The number of hydrogen-bond donors (Lipinski definition) is 1. The Morgan fingerprint density at radius 3 is 2.86 bits per heavy atom. The quantitative estimate of drug-likeness (QED) is 0.755. The first-order chi connectivity index (χ1) is 10.7. The monoisotopic (exact) mass is 362 g/mol. The van der Waals surface area contributed by atoms with Gasteiger partial charge in [-0.2, -0.15) is 0 Å². The van der Waals surface area contributed by atoms with E-state index < -0.39 is 0 Å². The summed E-state index contributed by atoms with van der Waals surface area (Å²) in [6.45, 7) is 0.581. The molecule has 114 valence electrons. The molecule has 0 atom stereocenters. The van der Waals surface area contributed by atoms with Crippen LogP contribution in [0.2, 0.25) is 0 Å². The molecule has 2 aromatic heterocycles. The van der Waals surface area contributed by atoms with Crippen molar-refractivity contribution in [2.24, 2.45) is 0 Å². The minimum Gasteiger partial charge on any atom is -0.497 e. The number of rotatable bonds is 5. The molecule has 7 heteroatoms. The molecular formula is C15H15BrN4O2. The molecule has 1 aromatic carbocycles. The van der Waals surface area contributed by atoms with Gasteiger partial charge in [-0.15, -0.1) is 0 Å². The summed E-state index contributed by atoms with van der Waals surface area (Å²) < 4.78 is 13.3. The minimum absolute atomic E-state index is 0.581. The van der Waals surface area contributed by atoms with Gasteiger partial charge < -0.3 is 19.2 Å². The number of nitrogens with one attached hydrogen (secondary N) is 1. The van der Waals surface area contributed by atoms with Crippen LogP contribution in [-0.2, 0) is 6.54 Å². The highest BCUT2D eigenvalue weighted by atomic mass is 79.9. The predicted molar refractivity (Wildman–Crippen MR) is 87.6 cm³/mol. The number of anilines is 1. The standard InChI is InChI=1S/C15H15BrN4O2/c1-21-11-4-3-10(12(7-11)22-2)8-18-15-13-14(16)19-9-20(13)6-5-17-15/h3-7,9H,8H2,1-2H3,(H,17,18). The second-order valence-corrected chi connectivity index (χ2v) is 5.35. The molecule has 3 aromatic rings. The van der Waals surface area contributed by atoms with Crippen LogP contribution >= 0.6 is 15.9 Å². The van der Waals surface area contributed by atoms with Gasteiger partial charge in [-0.1, -0.05) is 0 Å². The highest BCUT2D eigenvalue weighted by molar-refractivity contribution is 9.10. The second kappa shape index (κ2) is 6.23. The molecular weight excluding hydrogens is 348 g/mol. The molecule has 2 heterocycles. The highest BCUT2D eigenvalue weighted by Gasteiger charge is 2.10. The van der Waals surface area contributed by atoms with Crippen LogP contribution in [0.1, 0.15) is 5.56 Å². The Labute approximate surface area is 136 Å². The van der Waals surface area contributed by atoms with E-state index in [1.807, 2.05) is 28.8 Å². The lowest BCUT2D eigenvalue weighted by molar-refractivity contribution is 0.391. The van der Waals surface area contributed by atoms with Gasteiger partial charge in [0.1, 0.15) is 27.9 Å². The van der Waals surface area contributed by atoms with Crippen molar-refractivity contribution in [1.82, 2.24) is 14.4 Å². The predicted octanol–water partition coefficient (Wildman–Crippen LogP) is 3.12. The Hall–Kier alpha value is -2.28. The van der Waals surface area contributed by atoms with E-state index in [4.69, 9.17) is 9.47 Å². The molecule has 6 nitrogen and oxygen atoms in total. The lowest BCUT2D eigenvalue weighted by Crippen LogP contribution is -2.05. The summed E-state index contributed by atoms with van der Waals surface area (Å²) in [5.74, 6) is 2.29. The Balaban J connectivity index is 1.87. The van der Waals surface area contributed by atoms with E-state index in [-0.39, 0.29) is 0 Å². The van der Waals surface area contributed by atoms with Gasteiger partial charge in [-0.3, -0.25) is 0 Å². The third-order valence-corrected chi connectivity index (χ3v) is 3.93. The molecule has 0 unspecified atom stereocenters. The van der Waals surface area contributed by atoms with Gasteiger partial charge in [0.25, 0.3) is 0 Å². The number of nitrogens with zero attached hydrogens (tertiary/aromatic N) is 3. The van der Waals surface area contributed by atoms with Crippen LogP contribution in [0.3, 0.4) is 0 Å². The largest absolute Gasteiger partial charge is 0.497 e. The molecule has 0 bridgehead atoms. The molecule has 1 N–H and O–H groups in total. The zero-order chi connectivity index (χ0) is 15.5. The van der Waals surface area contributed by atoms with Crippen molar-refractivity contribution in [3.63, 3.8) is 0 Å². The van der Waals surface area contributed by atoms with Crippen molar-refractivity contribution in [1.29, 1.82) is 0 Å². The first-order valence-corrected chi connectivity index (χ1v) is 7.44. The first-order valence-electron chi connectivity index (χ1n) is 6.65. The Morgan fingerprint density at radius 1 is 1.23 bits per heavy atom. The summed E-state index contributed by atoms with van der Waals surface area (Å²) in [4.78, 5) is 8.60. The van der Waals surface area contributed by atoms with E-state index in [1.165, 1.54) is 0 Å². The van der Waals surface area contributed by atoms with Gasteiger partial charge in [0.05, 0.1) is 14.2 Å². The van der Waals surface area contributed by atoms with Crippen molar-refractivity contribution in [3.05, 3.63) is 47.1 Å². The molecule has 0 aliphatic heterocycles. The Morgan fingerprint density at radius 2 is 2.09 bits per heavy atom. The third-order valence-electron chi connectivity index (χ3n) is 3.34. The van der Waals surface area contributed by atoms with Gasteiger partial charge in [-0.25, -0.2) is 9.97 Å². The van der Waals surface area contributed by atoms with Crippen LogP contribution in [0, 0.1) is 0 Å². The number of ether oxygens (including phenoxy) is 2. The van der Waals surface area contributed by atoms with Crippen LogP contribution in [0.25, 0.3) is 5.52 Å². The van der Waals surface area contributed by atoms with Crippen molar-refractivity contribution in [3.8, 4) is 11.5 Å². The Kier molecular flexibility index (Phi) is 4.15. The fraction of sp³-hybridized carbons (Fsp3) is 0.200. The van der Waals surface area contributed by atoms with E-state index >= 15 is 0 Å². The van der Waals surface area contributed by atoms with Crippen molar-refractivity contribution < 1.29 is 9.47 Å². The van der Waals surface area contributed by atoms with Crippen LogP contribution in [0.15, 0.2) is 41.5 Å². The van der Waals surface area contributed by atoms with Crippen LogP contribution in [0.5, 0.6) is 11.5 Å². The maximum Gasteiger partial charge on any atom is 0.153 e. The van der Waals surface area contributed by atoms with E-state index in [0.717, 1.165) is 33.0 Å². The molecule has 0 aliphatic carbocycles. The third kappa shape index (κ3) is 2.71. The van der Waals surface area contributed by atoms with Gasteiger partial charge in [-0.05, 0) is 28.1 Å². The van der Waals surface area contributed by atoms with Crippen molar-refractivity contribution in [2.75, 3.05) is 19.5 Å². The molecule has 0 saturated carbocycles. The molecule has 0 radical (unpaired) electrons. The minimum atomic E-state index is 0.581. The maximum absolute atomic E-state index is 5.41. The molecule has 3 rings (SSSR count). The summed E-state index contributed by atoms with van der Waals surface area (Å²) >= 11 is 3.44. The summed E-state index contributed by atoms with van der Waals surface area (Å²) in [7, 11) is 3.28. The topological polar surface area (TPSA) is 60.7 Å². The van der Waals surface area contributed by atoms with Gasteiger partial charge >= 0.3 is 0 Å². The Bertz CT molecular complexity index is 803. The van der Waals surface area contributed by atoms with Crippen LogP contribution in [0.4, 0.5) is 5.82 Å². The molecule has 0 saturated heterocycles. The van der Waals surface area contributed by atoms with Crippen LogP contribution < -0.4 is 14.8 Å². The molecule has 0 fully saturated rings. The van der Waals surface area contributed by atoms with E-state index in [9.17, 15) is 0 Å². The molecule has 0 amide bonds. The van der Waals surface area contributed by atoms with E-state index in [2.05, 4.69) is 31.2 Å². The highest BCUT2D eigenvalue weighted by Crippen LogP contribution is 2.27. The van der Waals surface area contributed by atoms with Gasteiger partial charge in [0, 0.05) is 30.6 Å². The number of imidazole rings is 1. The SMILES string of the molecule is COc1ccc(CNc2nccn3cnc(Br)c23)c(OC)c1. The average Bonchev–Trinajstić information content (AvgIpc) is 2.94. The number of hydrogen-bond acceptors (Lipinski definition) is 5. The van der Waals surface area contributed by atoms with Crippen LogP contribution in [-0.4, -0.2) is 28.6 Å². The van der Waals surface area contributed by atoms with Crippen molar-refractivity contribution in [2.45, 2.75) is 6.54 Å². The van der Waals surface area contributed by atoms with Crippen molar-refractivity contribution >= 4 is 27.3 Å². The fourth-order valence-electron chi connectivity index (χ4n) is 2.22. The van der Waals surface area contributed by atoms with E-state index in [1.54, 1.807) is 26.7 Å². The average molecular weight is 363 g/mol.